The van der Waals surface area contributed by atoms with Crippen molar-refractivity contribution in [2.45, 2.75) is 25.5 Å². The minimum atomic E-state index is -0.467. The fraction of sp³-hybridized carbons (Fsp3) is 0.519. The monoisotopic (exact) mass is 538 g/mol. The first kappa shape index (κ1) is 26.8. The van der Waals surface area contributed by atoms with Gasteiger partial charge in [0, 0.05) is 48.4 Å². The summed E-state index contributed by atoms with van der Waals surface area (Å²) in [5.74, 6) is 1.70. The molecule has 0 fully saturated rings. The van der Waals surface area contributed by atoms with Crippen LogP contribution >= 0.6 is 11.3 Å². The minimum absolute atomic E-state index is 0.195. The molecule has 0 spiro atoms. The zero-order valence-corrected chi connectivity index (χ0v) is 23.7. The molecule has 2 atom stereocenters. The molecule has 3 N–H and O–H groups in total. The first-order chi connectivity index (χ1) is 18.3. The van der Waals surface area contributed by atoms with Crippen LogP contribution < -0.4 is 10.1 Å². The van der Waals surface area contributed by atoms with Gasteiger partial charge < -0.3 is 25.0 Å². The van der Waals surface area contributed by atoms with Crippen molar-refractivity contribution in [1.29, 1.82) is 0 Å². The van der Waals surface area contributed by atoms with Crippen LogP contribution in [0.4, 0.5) is 11.5 Å². The number of fused-ring (bicyclic) bond motifs is 4. The first-order valence-corrected chi connectivity index (χ1v) is 13.9. The van der Waals surface area contributed by atoms with E-state index in [1.54, 1.807) is 31.0 Å². The molecule has 4 aromatic rings. The van der Waals surface area contributed by atoms with Crippen molar-refractivity contribution in [3.63, 3.8) is 0 Å². The third-order valence-electron chi connectivity index (χ3n) is 7.53. The Kier molecular flexibility index (Phi) is 8.10. The summed E-state index contributed by atoms with van der Waals surface area (Å²) in [6, 6.07) is 3.96. The maximum atomic E-state index is 11.2. The van der Waals surface area contributed by atoms with E-state index >= 15 is 0 Å². The van der Waals surface area contributed by atoms with Gasteiger partial charge in [0.25, 0.3) is 0 Å². The Bertz CT molecular complexity index is 1390. The summed E-state index contributed by atoms with van der Waals surface area (Å²) in [5, 5.41) is 23.9. The zero-order chi connectivity index (χ0) is 26.8. The second kappa shape index (κ2) is 11.5. The molecule has 1 aliphatic rings. The Labute approximate surface area is 227 Å². The molecular formula is C27H38N8O2S. The van der Waals surface area contributed by atoms with Crippen LogP contribution in [0.1, 0.15) is 16.9 Å². The van der Waals surface area contributed by atoms with Crippen molar-refractivity contribution in [3.05, 3.63) is 35.1 Å². The van der Waals surface area contributed by atoms with E-state index in [1.807, 2.05) is 19.2 Å². The third-order valence-corrected chi connectivity index (χ3v) is 8.70. The lowest BCUT2D eigenvalue weighted by atomic mass is 9.86. The maximum absolute atomic E-state index is 11.2. The number of aliphatic hydroxyl groups is 1. The average molecular weight is 539 g/mol. The number of aryl methyl sites for hydroxylation is 1. The number of rotatable bonds is 11. The van der Waals surface area contributed by atoms with Crippen LogP contribution in [0, 0.1) is 5.92 Å². The minimum Gasteiger partial charge on any atom is -0.494 e. The number of benzene rings is 1. The van der Waals surface area contributed by atoms with E-state index in [9.17, 15) is 5.11 Å². The van der Waals surface area contributed by atoms with Gasteiger partial charge in [-0.25, -0.2) is 9.97 Å². The molecule has 5 rings (SSSR count). The van der Waals surface area contributed by atoms with Crippen molar-refractivity contribution in [3.8, 4) is 5.75 Å². The molecular weight excluding hydrogens is 500 g/mol. The molecule has 10 nitrogen and oxygen atoms in total. The van der Waals surface area contributed by atoms with Gasteiger partial charge in [-0.1, -0.05) is 0 Å². The van der Waals surface area contributed by atoms with Gasteiger partial charge in [-0.3, -0.25) is 10.00 Å². The average Bonchev–Trinajstić information content (AvgIpc) is 3.53. The number of hydrogen-bond acceptors (Lipinski definition) is 10. The fourth-order valence-corrected chi connectivity index (χ4v) is 6.43. The van der Waals surface area contributed by atoms with E-state index in [0.29, 0.717) is 0 Å². The van der Waals surface area contributed by atoms with Crippen molar-refractivity contribution in [2.24, 2.45) is 5.92 Å². The molecule has 0 saturated carbocycles. The number of thiophene rings is 1. The summed E-state index contributed by atoms with van der Waals surface area (Å²) in [7, 11) is 10.0. The molecule has 0 radical (unpaired) electrons. The predicted molar refractivity (Wildman–Crippen MR) is 154 cm³/mol. The van der Waals surface area contributed by atoms with E-state index < -0.39 is 6.23 Å². The summed E-state index contributed by atoms with van der Waals surface area (Å²) < 4.78 is 5.63. The number of aromatic nitrogens is 4. The topological polar surface area (TPSA) is 106 Å². The van der Waals surface area contributed by atoms with E-state index in [0.717, 1.165) is 83.8 Å². The molecule has 0 bridgehead atoms. The van der Waals surface area contributed by atoms with Gasteiger partial charge in [0.2, 0.25) is 0 Å². The molecule has 3 heterocycles. The molecule has 204 valence electrons. The molecule has 1 aromatic carbocycles. The predicted octanol–water partition coefficient (Wildman–Crippen LogP) is 3.17. The summed E-state index contributed by atoms with van der Waals surface area (Å²) in [6.45, 7) is 3.82. The Morgan fingerprint density at radius 1 is 1.16 bits per heavy atom. The number of aromatic amines is 1. The Morgan fingerprint density at radius 3 is 2.76 bits per heavy atom. The SMILES string of the molecule is COc1cc2[nH]ncc2cc1Nc1ncnc2sc3c(c12)CC[C@H](C(O)N(C)CCN(C)CCN(C)C)C3. The molecule has 11 heteroatoms. The maximum Gasteiger partial charge on any atom is 0.144 e. The zero-order valence-electron chi connectivity index (χ0n) is 22.9. The Morgan fingerprint density at radius 2 is 1.97 bits per heavy atom. The number of anilines is 2. The van der Waals surface area contributed by atoms with Gasteiger partial charge >= 0.3 is 0 Å². The van der Waals surface area contributed by atoms with Crippen LogP contribution in [0.5, 0.6) is 5.75 Å². The van der Waals surface area contributed by atoms with Crippen molar-refractivity contribution < 1.29 is 9.84 Å². The van der Waals surface area contributed by atoms with Gasteiger partial charge in [-0.2, -0.15) is 5.10 Å². The molecule has 38 heavy (non-hydrogen) atoms. The highest BCUT2D eigenvalue weighted by atomic mass is 32.1. The number of ether oxygens (including phenoxy) is 1. The van der Waals surface area contributed by atoms with Gasteiger partial charge in [0.05, 0.1) is 29.9 Å². The van der Waals surface area contributed by atoms with E-state index in [4.69, 9.17) is 4.74 Å². The van der Waals surface area contributed by atoms with Crippen LogP contribution in [0.25, 0.3) is 21.1 Å². The Balaban J connectivity index is 1.31. The summed E-state index contributed by atoms with van der Waals surface area (Å²) in [4.78, 5) is 18.1. The number of nitrogens with one attached hydrogen (secondary N) is 2. The molecule has 1 aliphatic carbocycles. The lowest BCUT2D eigenvalue weighted by molar-refractivity contribution is -0.0315. The van der Waals surface area contributed by atoms with Crippen LogP contribution in [0.2, 0.25) is 0 Å². The van der Waals surface area contributed by atoms with E-state index in [1.165, 1.54) is 10.4 Å². The first-order valence-electron chi connectivity index (χ1n) is 13.1. The van der Waals surface area contributed by atoms with Crippen molar-refractivity contribution >= 4 is 44.0 Å². The molecule has 0 amide bonds. The van der Waals surface area contributed by atoms with Crippen molar-refractivity contribution in [1.82, 2.24) is 34.9 Å². The normalized spacial score (nSPS) is 16.6. The highest BCUT2D eigenvalue weighted by molar-refractivity contribution is 7.19. The molecule has 3 aromatic heterocycles. The van der Waals surface area contributed by atoms with E-state index in [2.05, 4.69) is 61.3 Å². The highest BCUT2D eigenvalue weighted by Gasteiger charge is 2.31. The second-order valence-corrected chi connectivity index (χ2v) is 11.6. The number of H-pyrrole nitrogens is 1. The van der Waals surface area contributed by atoms with Gasteiger partial charge in [-0.05, 0) is 59.1 Å². The fourth-order valence-electron chi connectivity index (χ4n) is 5.15. The van der Waals surface area contributed by atoms with Crippen LogP contribution in [0.15, 0.2) is 24.7 Å². The Hall–Kier alpha value is -2.83. The van der Waals surface area contributed by atoms with E-state index in [-0.39, 0.29) is 5.92 Å². The summed E-state index contributed by atoms with van der Waals surface area (Å²) in [5.41, 5.74) is 3.05. The van der Waals surface area contributed by atoms with Crippen LogP contribution in [-0.2, 0) is 12.8 Å². The quantitative estimate of drug-likeness (QED) is 0.248. The summed E-state index contributed by atoms with van der Waals surface area (Å²) in [6.07, 6.45) is 5.62. The molecule has 1 unspecified atom stereocenters. The molecule has 0 aliphatic heterocycles. The highest BCUT2D eigenvalue weighted by Crippen LogP contribution is 2.42. The smallest absolute Gasteiger partial charge is 0.144 e. The largest absolute Gasteiger partial charge is 0.494 e. The lowest BCUT2D eigenvalue weighted by Gasteiger charge is -2.34. The second-order valence-electron chi connectivity index (χ2n) is 10.5. The lowest BCUT2D eigenvalue weighted by Crippen LogP contribution is -2.43. The number of nitrogens with zero attached hydrogens (tertiary/aromatic N) is 6. The van der Waals surface area contributed by atoms with Crippen LogP contribution in [0.3, 0.4) is 0 Å². The summed E-state index contributed by atoms with van der Waals surface area (Å²) >= 11 is 1.72. The number of methoxy groups -OCH3 is 1. The standard InChI is InChI=1S/C27H38N8O2S/c1-33(2)8-9-34(3)10-11-35(4)27(36)17-6-7-19-23(13-17)38-26-24(19)25(28-16-29-26)31-21-12-18-15-30-32-20(18)14-22(21)37-5/h12,14-17,27,36H,6-11,13H2,1-5H3,(H,30,32)(H,28,29,31)/t17-,27?/m0/s1. The van der Waals surface area contributed by atoms with Gasteiger partial charge in [0.1, 0.15) is 29.0 Å². The number of hydrogen-bond donors (Lipinski definition) is 3. The van der Waals surface area contributed by atoms with Crippen LogP contribution in [-0.4, -0.2) is 108 Å². The molecule has 0 saturated heterocycles. The van der Waals surface area contributed by atoms with Crippen molar-refractivity contribution in [2.75, 3.05) is 66.8 Å². The van der Waals surface area contributed by atoms with Gasteiger partial charge in [0.15, 0.2) is 0 Å². The number of aliphatic hydroxyl groups excluding tert-OH is 1. The number of likely N-dealkylation sites (N-methyl/N-ethyl adjacent to an activating group) is 3. The third kappa shape index (κ3) is 5.62. The van der Waals surface area contributed by atoms with Gasteiger partial charge in [-0.15, -0.1) is 11.3 Å².